The number of hydrogen-bond donors (Lipinski definition) is 1. The predicted octanol–water partition coefficient (Wildman–Crippen LogP) is 3.75. The van der Waals surface area contributed by atoms with E-state index in [9.17, 15) is 4.39 Å². The van der Waals surface area contributed by atoms with Crippen LogP contribution in [0.3, 0.4) is 0 Å². The van der Waals surface area contributed by atoms with Gasteiger partial charge in [-0.25, -0.2) is 9.37 Å². The zero-order valence-electron chi connectivity index (χ0n) is 7.92. The van der Waals surface area contributed by atoms with Crippen LogP contribution in [0.15, 0.2) is 28.1 Å². The van der Waals surface area contributed by atoms with Gasteiger partial charge < -0.3 is 5.32 Å². The van der Waals surface area contributed by atoms with Crippen LogP contribution in [-0.4, -0.2) is 12.0 Å². The fraction of sp³-hybridized carbons (Fsp3) is 0.100. The van der Waals surface area contributed by atoms with Crippen LogP contribution in [0, 0.1) is 5.82 Å². The summed E-state index contributed by atoms with van der Waals surface area (Å²) in [5.41, 5.74) is 1.74. The van der Waals surface area contributed by atoms with Crippen LogP contribution in [-0.2, 0) is 0 Å². The number of halogens is 2. The number of hydrogen-bond acceptors (Lipinski definition) is 3. The summed E-state index contributed by atoms with van der Waals surface area (Å²) >= 11 is 4.84. The highest BCUT2D eigenvalue weighted by Crippen LogP contribution is 2.30. The molecule has 0 radical (unpaired) electrons. The molecule has 0 bridgehead atoms. The predicted molar refractivity (Wildman–Crippen MR) is 64.8 cm³/mol. The maximum atomic E-state index is 12.9. The van der Waals surface area contributed by atoms with Gasteiger partial charge in [0.1, 0.15) is 5.82 Å². The van der Waals surface area contributed by atoms with E-state index in [1.54, 1.807) is 6.07 Å². The van der Waals surface area contributed by atoms with Crippen molar-refractivity contribution in [2.24, 2.45) is 0 Å². The third kappa shape index (κ3) is 2.18. The second kappa shape index (κ2) is 4.28. The number of anilines is 1. The topological polar surface area (TPSA) is 24.9 Å². The molecular formula is C10H8BrFN2S. The van der Waals surface area contributed by atoms with Gasteiger partial charge in [0, 0.05) is 22.5 Å². The van der Waals surface area contributed by atoms with Gasteiger partial charge in [-0.2, -0.15) is 0 Å². The summed E-state index contributed by atoms with van der Waals surface area (Å²) in [7, 11) is 1.82. The first kappa shape index (κ1) is 10.6. The molecule has 0 spiro atoms. The number of nitrogens with zero attached hydrogens (tertiary/aromatic N) is 1. The van der Waals surface area contributed by atoms with Gasteiger partial charge in [-0.3, -0.25) is 0 Å². The number of rotatable bonds is 2. The van der Waals surface area contributed by atoms with Gasteiger partial charge in [0.15, 0.2) is 5.13 Å². The molecule has 78 valence electrons. The SMILES string of the molecule is CNc1nc(-c2ccc(F)cc2Br)cs1. The van der Waals surface area contributed by atoms with Crippen molar-refractivity contribution < 1.29 is 4.39 Å². The van der Waals surface area contributed by atoms with Gasteiger partial charge in [0.2, 0.25) is 0 Å². The van der Waals surface area contributed by atoms with E-state index in [-0.39, 0.29) is 5.82 Å². The summed E-state index contributed by atoms with van der Waals surface area (Å²) in [5, 5.41) is 5.75. The average Bonchev–Trinajstić information content (AvgIpc) is 2.66. The van der Waals surface area contributed by atoms with E-state index in [4.69, 9.17) is 0 Å². The summed E-state index contributed by atoms with van der Waals surface area (Å²) in [4.78, 5) is 4.34. The third-order valence-corrected chi connectivity index (χ3v) is 3.44. The van der Waals surface area contributed by atoms with Gasteiger partial charge in [0.05, 0.1) is 5.69 Å². The Morgan fingerprint density at radius 3 is 2.87 bits per heavy atom. The van der Waals surface area contributed by atoms with E-state index in [1.165, 1.54) is 23.5 Å². The smallest absolute Gasteiger partial charge is 0.182 e. The van der Waals surface area contributed by atoms with Crippen molar-refractivity contribution in [3.63, 3.8) is 0 Å². The Morgan fingerprint density at radius 2 is 2.27 bits per heavy atom. The Balaban J connectivity index is 2.44. The summed E-state index contributed by atoms with van der Waals surface area (Å²) in [6.45, 7) is 0. The molecule has 1 N–H and O–H groups in total. The monoisotopic (exact) mass is 286 g/mol. The van der Waals surface area contributed by atoms with Crippen LogP contribution in [0.1, 0.15) is 0 Å². The first-order chi connectivity index (χ1) is 7.20. The molecule has 0 unspecified atom stereocenters. The Bertz CT molecular complexity index is 484. The standard InChI is InChI=1S/C10H8BrFN2S/c1-13-10-14-9(5-15-10)7-3-2-6(12)4-8(7)11/h2-5H,1H3,(H,13,14). The summed E-state index contributed by atoms with van der Waals surface area (Å²) < 4.78 is 13.6. The van der Waals surface area contributed by atoms with Gasteiger partial charge in [-0.1, -0.05) is 0 Å². The maximum absolute atomic E-state index is 12.9. The van der Waals surface area contributed by atoms with E-state index < -0.39 is 0 Å². The van der Waals surface area contributed by atoms with Crippen molar-refractivity contribution in [2.45, 2.75) is 0 Å². The Kier molecular flexibility index (Phi) is 3.02. The minimum Gasteiger partial charge on any atom is -0.365 e. The second-order valence-corrected chi connectivity index (χ2v) is 4.62. The highest BCUT2D eigenvalue weighted by Gasteiger charge is 2.07. The van der Waals surface area contributed by atoms with Gasteiger partial charge in [-0.15, -0.1) is 11.3 Å². The average molecular weight is 287 g/mol. The van der Waals surface area contributed by atoms with Crippen molar-refractivity contribution >= 4 is 32.4 Å². The Labute approximate surface area is 99.3 Å². The van der Waals surface area contributed by atoms with Crippen LogP contribution in [0.25, 0.3) is 11.3 Å². The highest BCUT2D eigenvalue weighted by molar-refractivity contribution is 9.10. The van der Waals surface area contributed by atoms with E-state index >= 15 is 0 Å². The number of benzene rings is 1. The van der Waals surface area contributed by atoms with Crippen molar-refractivity contribution in [1.82, 2.24) is 4.98 Å². The lowest BCUT2D eigenvalue weighted by Gasteiger charge is -2.00. The fourth-order valence-corrected chi connectivity index (χ4v) is 2.44. The molecule has 0 fully saturated rings. The van der Waals surface area contributed by atoms with E-state index in [1.807, 2.05) is 12.4 Å². The largest absolute Gasteiger partial charge is 0.365 e. The summed E-state index contributed by atoms with van der Waals surface area (Å²) in [6.07, 6.45) is 0. The molecule has 0 saturated heterocycles. The Hall–Kier alpha value is -0.940. The zero-order valence-corrected chi connectivity index (χ0v) is 10.3. The first-order valence-corrected chi connectivity index (χ1v) is 5.96. The lowest BCUT2D eigenvalue weighted by Crippen LogP contribution is -1.87. The lowest BCUT2D eigenvalue weighted by atomic mass is 10.2. The molecule has 15 heavy (non-hydrogen) atoms. The van der Waals surface area contributed by atoms with Crippen molar-refractivity contribution in [2.75, 3.05) is 12.4 Å². The van der Waals surface area contributed by atoms with Gasteiger partial charge >= 0.3 is 0 Å². The molecule has 2 aromatic rings. The molecule has 0 amide bonds. The van der Waals surface area contributed by atoms with Gasteiger partial charge in [-0.05, 0) is 34.1 Å². The molecule has 0 atom stereocenters. The van der Waals surface area contributed by atoms with Crippen LogP contribution >= 0.6 is 27.3 Å². The minimum atomic E-state index is -0.255. The van der Waals surface area contributed by atoms with E-state index in [2.05, 4.69) is 26.2 Å². The quantitative estimate of drug-likeness (QED) is 0.909. The fourth-order valence-electron chi connectivity index (χ4n) is 1.21. The maximum Gasteiger partial charge on any atom is 0.182 e. The second-order valence-electron chi connectivity index (χ2n) is 2.91. The van der Waals surface area contributed by atoms with Crippen LogP contribution in [0.5, 0.6) is 0 Å². The van der Waals surface area contributed by atoms with Gasteiger partial charge in [0.25, 0.3) is 0 Å². The molecule has 2 nitrogen and oxygen atoms in total. The van der Waals surface area contributed by atoms with Crippen molar-refractivity contribution in [1.29, 1.82) is 0 Å². The first-order valence-electron chi connectivity index (χ1n) is 4.29. The van der Waals surface area contributed by atoms with E-state index in [0.717, 1.165) is 20.9 Å². The minimum absolute atomic E-state index is 0.255. The molecule has 0 aliphatic carbocycles. The molecule has 0 saturated carbocycles. The molecule has 1 heterocycles. The van der Waals surface area contributed by atoms with Crippen molar-refractivity contribution in [3.8, 4) is 11.3 Å². The molecular weight excluding hydrogens is 279 g/mol. The zero-order chi connectivity index (χ0) is 10.8. The molecule has 0 aliphatic rings. The number of nitrogens with one attached hydrogen (secondary N) is 1. The molecule has 1 aromatic carbocycles. The van der Waals surface area contributed by atoms with Crippen LogP contribution in [0.4, 0.5) is 9.52 Å². The van der Waals surface area contributed by atoms with E-state index in [0.29, 0.717) is 0 Å². The third-order valence-electron chi connectivity index (χ3n) is 1.93. The Morgan fingerprint density at radius 1 is 1.47 bits per heavy atom. The molecule has 1 aromatic heterocycles. The number of aromatic nitrogens is 1. The summed E-state index contributed by atoms with van der Waals surface area (Å²) in [5.74, 6) is -0.255. The van der Waals surface area contributed by atoms with Crippen molar-refractivity contribution in [3.05, 3.63) is 33.9 Å². The molecule has 5 heteroatoms. The van der Waals surface area contributed by atoms with Crippen LogP contribution < -0.4 is 5.32 Å². The van der Waals surface area contributed by atoms with Crippen LogP contribution in [0.2, 0.25) is 0 Å². The molecule has 0 aliphatic heterocycles. The normalized spacial score (nSPS) is 10.3. The summed E-state index contributed by atoms with van der Waals surface area (Å²) in [6, 6.07) is 4.58. The lowest BCUT2D eigenvalue weighted by molar-refractivity contribution is 0.627. The molecule has 2 rings (SSSR count). The number of thiazole rings is 1. The highest BCUT2D eigenvalue weighted by atomic mass is 79.9.